The Labute approximate surface area is 98.7 Å². The van der Waals surface area contributed by atoms with Gasteiger partial charge in [0.2, 0.25) is 0 Å². The third kappa shape index (κ3) is 2.76. The summed E-state index contributed by atoms with van der Waals surface area (Å²) in [6.45, 7) is 6.61. The molecule has 1 fully saturated rings. The quantitative estimate of drug-likeness (QED) is 0.751. The summed E-state index contributed by atoms with van der Waals surface area (Å²) in [5.41, 5.74) is 6.50. The fourth-order valence-corrected chi connectivity index (χ4v) is 3.11. The molecule has 0 saturated heterocycles. The van der Waals surface area contributed by atoms with E-state index in [4.69, 9.17) is 10.5 Å². The fourth-order valence-electron chi connectivity index (χ4n) is 3.11. The number of hydrogen-bond donors (Lipinski definition) is 1. The zero-order valence-corrected chi connectivity index (χ0v) is 11.0. The Morgan fingerprint density at radius 2 is 2.06 bits per heavy atom. The second kappa shape index (κ2) is 4.74. The van der Waals surface area contributed by atoms with Crippen LogP contribution in [0, 0.1) is 10.8 Å². The van der Waals surface area contributed by atoms with Crippen LogP contribution in [0.1, 0.15) is 52.9 Å². The molecule has 94 valence electrons. The van der Waals surface area contributed by atoms with Gasteiger partial charge in [0.25, 0.3) is 0 Å². The first kappa shape index (κ1) is 13.5. The van der Waals surface area contributed by atoms with Crippen LogP contribution in [0.4, 0.5) is 0 Å². The number of hydrogen-bond acceptors (Lipinski definition) is 3. The summed E-state index contributed by atoms with van der Waals surface area (Å²) in [4.78, 5) is 11.5. The van der Waals surface area contributed by atoms with Crippen molar-refractivity contribution in [2.45, 2.75) is 58.9 Å². The van der Waals surface area contributed by atoms with Crippen molar-refractivity contribution in [3.8, 4) is 0 Å². The highest BCUT2D eigenvalue weighted by atomic mass is 16.5. The van der Waals surface area contributed by atoms with E-state index in [9.17, 15) is 4.79 Å². The van der Waals surface area contributed by atoms with Gasteiger partial charge in [-0.05, 0) is 36.5 Å². The molecule has 1 aliphatic rings. The Kier molecular flexibility index (Phi) is 4.00. The summed E-state index contributed by atoms with van der Waals surface area (Å²) >= 11 is 0. The zero-order valence-electron chi connectivity index (χ0n) is 11.0. The molecule has 0 aromatic heterocycles. The van der Waals surface area contributed by atoms with E-state index in [1.807, 2.05) is 0 Å². The molecule has 0 amide bonds. The molecule has 1 aliphatic carbocycles. The van der Waals surface area contributed by atoms with Gasteiger partial charge in [-0.15, -0.1) is 0 Å². The monoisotopic (exact) mass is 227 g/mol. The highest BCUT2D eigenvalue weighted by molar-refractivity contribution is 5.70. The van der Waals surface area contributed by atoms with E-state index >= 15 is 0 Å². The lowest BCUT2D eigenvalue weighted by Crippen LogP contribution is -2.42. The minimum atomic E-state index is -0.124. The molecule has 0 heterocycles. The largest absolute Gasteiger partial charge is 0.469 e. The molecule has 0 aliphatic heterocycles. The minimum absolute atomic E-state index is 0.0364. The van der Waals surface area contributed by atoms with Crippen molar-refractivity contribution < 1.29 is 9.53 Å². The van der Waals surface area contributed by atoms with Gasteiger partial charge in [0.05, 0.1) is 13.5 Å². The summed E-state index contributed by atoms with van der Waals surface area (Å²) in [6, 6.07) is 0.105. The second-order valence-electron chi connectivity index (χ2n) is 5.97. The number of carbonyl (C=O) groups is 1. The topological polar surface area (TPSA) is 52.3 Å². The van der Waals surface area contributed by atoms with Crippen LogP contribution in [0.2, 0.25) is 0 Å². The van der Waals surface area contributed by atoms with Gasteiger partial charge in [-0.2, -0.15) is 0 Å². The molecule has 2 unspecified atom stereocenters. The smallest absolute Gasteiger partial charge is 0.306 e. The first-order valence-corrected chi connectivity index (χ1v) is 6.18. The molecule has 0 aromatic carbocycles. The van der Waals surface area contributed by atoms with Crippen LogP contribution in [0.5, 0.6) is 0 Å². The van der Waals surface area contributed by atoms with Crippen LogP contribution in [0.15, 0.2) is 0 Å². The summed E-state index contributed by atoms with van der Waals surface area (Å²) < 4.78 is 4.81. The van der Waals surface area contributed by atoms with E-state index in [0.717, 1.165) is 25.7 Å². The fraction of sp³-hybridized carbons (Fsp3) is 0.923. The summed E-state index contributed by atoms with van der Waals surface area (Å²) in [5, 5.41) is 0. The van der Waals surface area contributed by atoms with Gasteiger partial charge < -0.3 is 10.5 Å². The highest BCUT2D eigenvalue weighted by Crippen LogP contribution is 2.53. The standard InChI is InChI=1S/C13H25NO2/c1-5-10(14)13(8-11(15)16-4)7-6-12(2,3)9-13/h10H,5-9,14H2,1-4H3. The Hall–Kier alpha value is -0.570. The van der Waals surface area contributed by atoms with Crippen molar-refractivity contribution in [2.75, 3.05) is 7.11 Å². The molecule has 0 radical (unpaired) electrons. The maximum Gasteiger partial charge on any atom is 0.306 e. The SMILES string of the molecule is CCC(N)C1(CC(=O)OC)CCC(C)(C)C1. The number of ether oxygens (including phenoxy) is 1. The van der Waals surface area contributed by atoms with Gasteiger partial charge in [0.15, 0.2) is 0 Å². The molecule has 2 atom stereocenters. The molecule has 2 N–H and O–H groups in total. The predicted molar refractivity (Wildman–Crippen MR) is 65.0 cm³/mol. The van der Waals surface area contributed by atoms with Crippen molar-refractivity contribution in [2.24, 2.45) is 16.6 Å². The van der Waals surface area contributed by atoms with Gasteiger partial charge in [-0.25, -0.2) is 0 Å². The number of rotatable bonds is 4. The molecule has 1 rings (SSSR count). The van der Waals surface area contributed by atoms with Gasteiger partial charge in [0, 0.05) is 6.04 Å². The van der Waals surface area contributed by atoms with Crippen LogP contribution in [-0.2, 0) is 9.53 Å². The van der Waals surface area contributed by atoms with Crippen LogP contribution >= 0.6 is 0 Å². The highest BCUT2D eigenvalue weighted by Gasteiger charge is 2.47. The zero-order chi connectivity index (χ0) is 12.4. The summed E-state index contributed by atoms with van der Waals surface area (Å²) in [5.74, 6) is -0.124. The van der Waals surface area contributed by atoms with Crippen molar-refractivity contribution in [1.82, 2.24) is 0 Å². The lowest BCUT2D eigenvalue weighted by molar-refractivity contribution is -0.143. The lowest BCUT2D eigenvalue weighted by Gasteiger charge is -2.35. The molecule has 0 aromatic rings. The number of nitrogens with two attached hydrogens (primary N) is 1. The van der Waals surface area contributed by atoms with E-state index in [1.165, 1.54) is 7.11 Å². The van der Waals surface area contributed by atoms with Crippen LogP contribution in [0.25, 0.3) is 0 Å². The van der Waals surface area contributed by atoms with Gasteiger partial charge >= 0.3 is 5.97 Å². The van der Waals surface area contributed by atoms with Gasteiger partial charge in [-0.1, -0.05) is 20.8 Å². The van der Waals surface area contributed by atoms with Crippen molar-refractivity contribution >= 4 is 5.97 Å². The van der Waals surface area contributed by atoms with Crippen molar-refractivity contribution in [1.29, 1.82) is 0 Å². The third-order valence-electron chi connectivity index (χ3n) is 4.08. The predicted octanol–water partition coefficient (Wildman–Crippen LogP) is 2.48. The van der Waals surface area contributed by atoms with Crippen LogP contribution in [-0.4, -0.2) is 19.1 Å². The van der Waals surface area contributed by atoms with Gasteiger partial charge in [0.1, 0.15) is 0 Å². The van der Waals surface area contributed by atoms with Crippen molar-refractivity contribution in [3.63, 3.8) is 0 Å². The van der Waals surface area contributed by atoms with E-state index < -0.39 is 0 Å². The maximum atomic E-state index is 11.5. The average molecular weight is 227 g/mol. The molecular weight excluding hydrogens is 202 g/mol. The van der Waals surface area contributed by atoms with E-state index in [-0.39, 0.29) is 17.4 Å². The minimum Gasteiger partial charge on any atom is -0.469 e. The van der Waals surface area contributed by atoms with E-state index in [0.29, 0.717) is 11.8 Å². The Balaban J connectivity index is 2.83. The molecule has 0 bridgehead atoms. The first-order chi connectivity index (χ1) is 7.35. The summed E-state index contributed by atoms with van der Waals surface area (Å²) in [6.07, 6.45) is 4.63. The molecule has 1 saturated carbocycles. The number of esters is 1. The normalized spacial score (nSPS) is 30.1. The maximum absolute atomic E-state index is 11.5. The average Bonchev–Trinajstić information content (AvgIpc) is 2.54. The van der Waals surface area contributed by atoms with Gasteiger partial charge in [-0.3, -0.25) is 4.79 Å². The Morgan fingerprint density at radius 1 is 1.44 bits per heavy atom. The summed E-state index contributed by atoms with van der Waals surface area (Å²) in [7, 11) is 1.45. The van der Waals surface area contributed by atoms with E-state index in [2.05, 4.69) is 20.8 Å². The number of carbonyl (C=O) groups excluding carboxylic acids is 1. The molecule has 16 heavy (non-hydrogen) atoms. The van der Waals surface area contributed by atoms with Crippen molar-refractivity contribution in [3.05, 3.63) is 0 Å². The van der Waals surface area contributed by atoms with Crippen LogP contribution in [0.3, 0.4) is 0 Å². The molecule has 3 nitrogen and oxygen atoms in total. The lowest BCUT2D eigenvalue weighted by atomic mass is 9.72. The Morgan fingerprint density at radius 3 is 2.44 bits per heavy atom. The number of methoxy groups -OCH3 is 1. The molecule has 0 spiro atoms. The first-order valence-electron chi connectivity index (χ1n) is 6.18. The second-order valence-corrected chi connectivity index (χ2v) is 5.97. The van der Waals surface area contributed by atoms with E-state index in [1.54, 1.807) is 0 Å². The van der Waals surface area contributed by atoms with Crippen LogP contribution < -0.4 is 5.73 Å². The Bertz CT molecular complexity index is 263. The molecular formula is C13H25NO2. The third-order valence-corrected chi connectivity index (χ3v) is 4.08. The molecule has 3 heteroatoms.